The Morgan fingerprint density at radius 1 is 1.08 bits per heavy atom. The second-order valence-electron chi connectivity index (χ2n) is 5.57. The van der Waals surface area contributed by atoms with Crippen molar-refractivity contribution in [2.24, 2.45) is 0 Å². The number of carbonyl (C=O) groups excluding carboxylic acids is 3. The molecular formula is C18H18N2O4S. The summed E-state index contributed by atoms with van der Waals surface area (Å²) >= 11 is 1.48. The van der Waals surface area contributed by atoms with Crippen molar-refractivity contribution in [1.82, 2.24) is 10.2 Å². The summed E-state index contributed by atoms with van der Waals surface area (Å²) in [5.74, 6) is 1.21. The summed E-state index contributed by atoms with van der Waals surface area (Å²) in [5.41, 5.74) is 0.940. The van der Waals surface area contributed by atoms with Crippen LogP contribution in [0.25, 0.3) is 0 Å². The highest BCUT2D eigenvalue weighted by atomic mass is 32.2. The topological polar surface area (TPSA) is 79.6 Å². The Morgan fingerprint density at radius 2 is 1.80 bits per heavy atom. The summed E-state index contributed by atoms with van der Waals surface area (Å²) in [6.45, 7) is 0.745. The van der Waals surface area contributed by atoms with E-state index in [9.17, 15) is 14.4 Å². The zero-order valence-corrected chi connectivity index (χ0v) is 14.4. The predicted molar refractivity (Wildman–Crippen MR) is 94.3 cm³/mol. The highest BCUT2D eigenvalue weighted by Gasteiger charge is 2.34. The van der Waals surface area contributed by atoms with Crippen molar-refractivity contribution < 1.29 is 18.8 Å². The smallest absolute Gasteiger partial charge is 0.261 e. The number of thioether (sulfide) groups is 1. The number of hydrogen-bond donors (Lipinski definition) is 1. The fourth-order valence-corrected chi connectivity index (χ4v) is 3.35. The van der Waals surface area contributed by atoms with Crippen molar-refractivity contribution in [2.75, 3.05) is 18.1 Å². The van der Waals surface area contributed by atoms with Crippen LogP contribution < -0.4 is 5.32 Å². The summed E-state index contributed by atoms with van der Waals surface area (Å²) in [5, 5.41) is 2.77. The van der Waals surface area contributed by atoms with Gasteiger partial charge < -0.3 is 9.73 Å². The van der Waals surface area contributed by atoms with Gasteiger partial charge in [0.15, 0.2) is 0 Å². The Labute approximate surface area is 149 Å². The lowest BCUT2D eigenvalue weighted by molar-refractivity contribution is -0.118. The lowest BCUT2D eigenvalue weighted by atomic mass is 10.1. The van der Waals surface area contributed by atoms with Crippen LogP contribution in [0.4, 0.5) is 0 Å². The molecule has 0 spiro atoms. The molecular weight excluding hydrogens is 340 g/mol. The van der Waals surface area contributed by atoms with Crippen LogP contribution in [0.5, 0.6) is 0 Å². The van der Waals surface area contributed by atoms with E-state index in [4.69, 9.17) is 4.42 Å². The van der Waals surface area contributed by atoms with Gasteiger partial charge in [-0.15, -0.1) is 0 Å². The Balaban J connectivity index is 1.35. The van der Waals surface area contributed by atoms with Gasteiger partial charge in [0.1, 0.15) is 5.76 Å². The highest BCUT2D eigenvalue weighted by Crippen LogP contribution is 2.22. The van der Waals surface area contributed by atoms with Gasteiger partial charge in [-0.25, -0.2) is 0 Å². The van der Waals surface area contributed by atoms with Gasteiger partial charge in [0, 0.05) is 6.54 Å². The van der Waals surface area contributed by atoms with Crippen LogP contribution in [0, 0.1) is 0 Å². The van der Waals surface area contributed by atoms with Crippen molar-refractivity contribution in [1.29, 1.82) is 0 Å². The summed E-state index contributed by atoms with van der Waals surface area (Å²) in [6, 6.07) is 10.4. The molecule has 6 nitrogen and oxygen atoms in total. The molecule has 0 aliphatic carbocycles. The molecule has 1 aromatic carbocycles. The van der Waals surface area contributed by atoms with Crippen molar-refractivity contribution in [3.8, 4) is 0 Å². The first-order chi connectivity index (χ1) is 12.2. The Kier molecular flexibility index (Phi) is 5.55. The molecule has 0 saturated heterocycles. The Bertz CT molecular complexity index is 738. The zero-order chi connectivity index (χ0) is 17.6. The van der Waals surface area contributed by atoms with Crippen LogP contribution in [0.15, 0.2) is 47.1 Å². The predicted octanol–water partition coefficient (Wildman–Crippen LogP) is 2.32. The number of hydrogen-bond acceptors (Lipinski definition) is 5. The monoisotopic (exact) mass is 358 g/mol. The quantitative estimate of drug-likeness (QED) is 0.579. The minimum Gasteiger partial charge on any atom is -0.467 e. The molecule has 0 atom stereocenters. The molecule has 1 N–H and O–H groups in total. The summed E-state index contributed by atoms with van der Waals surface area (Å²) < 4.78 is 5.14. The molecule has 0 bridgehead atoms. The molecule has 0 saturated carbocycles. The Morgan fingerprint density at radius 3 is 2.44 bits per heavy atom. The molecule has 0 radical (unpaired) electrons. The molecule has 25 heavy (non-hydrogen) atoms. The zero-order valence-electron chi connectivity index (χ0n) is 13.6. The highest BCUT2D eigenvalue weighted by molar-refractivity contribution is 7.99. The number of nitrogens with zero attached hydrogens (tertiary/aromatic N) is 1. The molecule has 2 aromatic rings. The lowest BCUT2D eigenvalue weighted by Gasteiger charge is -2.13. The van der Waals surface area contributed by atoms with Gasteiger partial charge in [-0.05, 0) is 36.4 Å². The summed E-state index contributed by atoms with van der Waals surface area (Å²) in [6.07, 6.45) is 2.22. The van der Waals surface area contributed by atoms with Gasteiger partial charge in [0.05, 0.1) is 29.7 Å². The number of rotatable bonds is 8. The fraction of sp³-hybridized carbons (Fsp3) is 0.278. The van der Waals surface area contributed by atoms with Crippen LogP contribution in [0.2, 0.25) is 0 Å². The number of amides is 3. The van der Waals surface area contributed by atoms with Crippen LogP contribution in [-0.4, -0.2) is 40.7 Å². The van der Waals surface area contributed by atoms with E-state index in [1.54, 1.807) is 42.7 Å². The first-order valence-electron chi connectivity index (χ1n) is 7.99. The molecule has 1 aliphatic rings. The van der Waals surface area contributed by atoms with E-state index in [2.05, 4.69) is 5.32 Å². The molecule has 3 rings (SSSR count). The maximum Gasteiger partial charge on any atom is 0.261 e. The van der Waals surface area contributed by atoms with E-state index < -0.39 is 0 Å². The molecule has 7 heteroatoms. The number of carbonyl (C=O) groups is 3. The third-order valence-electron chi connectivity index (χ3n) is 3.82. The van der Waals surface area contributed by atoms with E-state index >= 15 is 0 Å². The number of benzene rings is 1. The molecule has 2 heterocycles. The summed E-state index contributed by atoms with van der Waals surface area (Å²) in [4.78, 5) is 37.4. The van der Waals surface area contributed by atoms with E-state index in [0.29, 0.717) is 47.9 Å². The maximum absolute atomic E-state index is 12.2. The van der Waals surface area contributed by atoms with Crippen molar-refractivity contribution in [2.45, 2.75) is 13.0 Å². The first kappa shape index (κ1) is 17.3. The van der Waals surface area contributed by atoms with E-state index in [1.807, 2.05) is 0 Å². The molecule has 1 aromatic heterocycles. The van der Waals surface area contributed by atoms with Crippen molar-refractivity contribution in [3.63, 3.8) is 0 Å². The third kappa shape index (κ3) is 4.11. The third-order valence-corrected chi connectivity index (χ3v) is 4.87. The minimum atomic E-state index is -0.234. The molecule has 0 fully saturated rings. The van der Waals surface area contributed by atoms with E-state index in [0.717, 1.165) is 0 Å². The first-order valence-corrected chi connectivity index (χ1v) is 9.14. The number of fused-ring (bicyclic) bond motifs is 1. The normalized spacial score (nSPS) is 13.2. The molecule has 0 unspecified atom stereocenters. The average Bonchev–Trinajstić information content (AvgIpc) is 3.22. The maximum atomic E-state index is 12.2. The molecule has 130 valence electrons. The number of furan rings is 1. The van der Waals surface area contributed by atoms with Gasteiger partial charge in [0.2, 0.25) is 5.91 Å². The minimum absolute atomic E-state index is 0.0675. The van der Waals surface area contributed by atoms with Crippen LogP contribution in [0.3, 0.4) is 0 Å². The Hall–Kier alpha value is -2.54. The van der Waals surface area contributed by atoms with Crippen molar-refractivity contribution in [3.05, 3.63) is 59.5 Å². The van der Waals surface area contributed by atoms with E-state index in [-0.39, 0.29) is 17.7 Å². The second kappa shape index (κ2) is 8.02. The fourth-order valence-electron chi connectivity index (χ4n) is 2.58. The van der Waals surface area contributed by atoms with Crippen LogP contribution >= 0.6 is 11.8 Å². The number of imide groups is 1. The molecule has 1 aliphatic heterocycles. The van der Waals surface area contributed by atoms with Crippen LogP contribution in [-0.2, 0) is 11.3 Å². The van der Waals surface area contributed by atoms with Gasteiger partial charge in [-0.2, -0.15) is 11.8 Å². The van der Waals surface area contributed by atoms with E-state index in [1.165, 1.54) is 16.7 Å². The van der Waals surface area contributed by atoms with Gasteiger partial charge in [0.25, 0.3) is 11.8 Å². The standard InChI is InChI=1S/C18H18N2O4S/c21-16(19-11-13-5-3-9-24-13)12-25-10-4-8-20-17(22)14-6-1-2-7-15(14)18(20)23/h1-3,5-7,9H,4,8,10-12H2,(H,19,21). The second-order valence-corrected chi connectivity index (χ2v) is 6.67. The van der Waals surface area contributed by atoms with Gasteiger partial charge in [-0.1, -0.05) is 12.1 Å². The van der Waals surface area contributed by atoms with Gasteiger partial charge in [-0.3, -0.25) is 19.3 Å². The molecule has 3 amide bonds. The average molecular weight is 358 g/mol. The lowest BCUT2D eigenvalue weighted by Crippen LogP contribution is -2.31. The SMILES string of the molecule is O=C(CSCCCN1C(=O)c2ccccc2C1=O)NCc1ccco1. The summed E-state index contributed by atoms with van der Waals surface area (Å²) in [7, 11) is 0. The largest absolute Gasteiger partial charge is 0.467 e. The van der Waals surface area contributed by atoms with Crippen molar-refractivity contribution >= 4 is 29.5 Å². The number of nitrogens with one attached hydrogen (secondary N) is 1. The van der Waals surface area contributed by atoms with Crippen LogP contribution in [0.1, 0.15) is 32.9 Å². The van der Waals surface area contributed by atoms with Gasteiger partial charge >= 0.3 is 0 Å².